The van der Waals surface area contributed by atoms with E-state index in [-0.39, 0.29) is 0 Å². The van der Waals surface area contributed by atoms with Gasteiger partial charge in [0, 0.05) is 36.8 Å². The molecule has 1 saturated heterocycles. The number of hydrogen-bond acceptors (Lipinski definition) is 2. The van der Waals surface area contributed by atoms with E-state index < -0.39 is 0 Å². The Bertz CT molecular complexity index is 486. The highest BCUT2D eigenvalue weighted by atomic mass is 16.5. The van der Waals surface area contributed by atoms with E-state index >= 15 is 0 Å². The lowest BCUT2D eigenvalue weighted by atomic mass is 10.1. The van der Waals surface area contributed by atoms with Gasteiger partial charge < -0.3 is 15.0 Å². The van der Waals surface area contributed by atoms with Gasteiger partial charge in [-0.25, -0.2) is 0 Å². The van der Waals surface area contributed by atoms with Crippen LogP contribution in [0.15, 0.2) is 30.5 Å². The van der Waals surface area contributed by atoms with Crippen LogP contribution in [-0.4, -0.2) is 24.2 Å². The molecule has 2 N–H and O–H groups in total. The van der Waals surface area contributed by atoms with Crippen molar-refractivity contribution < 1.29 is 4.74 Å². The van der Waals surface area contributed by atoms with E-state index in [0.29, 0.717) is 6.10 Å². The van der Waals surface area contributed by atoms with E-state index in [1.54, 1.807) is 0 Å². The first-order chi connectivity index (χ1) is 8.43. The summed E-state index contributed by atoms with van der Waals surface area (Å²) in [6.07, 6.45) is 4.82. The van der Waals surface area contributed by atoms with Crippen LogP contribution in [0.2, 0.25) is 0 Å². The molecule has 0 amide bonds. The van der Waals surface area contributed by atoms with Gasteiger partial charge in [0.25, 0.3) is 0 Å². The van der Waals surface area contributed by atoms with Gasteiger partial charge >= 0.3 is 0 Å². The normalized spacial score (nSPS) is 20.1. The van der Waals surface area contributed by atoms with Gasteiger partial charge in [0.05, 0.1) is 6.10 Å². The average molecular weight is 230 g/mol. The fourth-order valence-corrected chi connectivity index (χ4v) is 2.48. The molecule has 90 valence electrons. The summed E-state index contributed by atoms with van der Waals surface area (Å²) < 4.78 is 5.59. The van der Waals surface area contributed by atoms with Gasteiger partial charge in [0.1, 0.15) is 0 Å². The Kier molecular flexibility index (Phi) is 3.12. The number of rotatable bonds is 4. The van der Waals surface area contributed by atoms with Crippen molar-refractivity contribution in [1.29, 1.82) is 0 Å². The molecule has 3 nitrogen and oxygen atoms in total. The summed E-state index contributed by atoms with van der Waals surface area (Å²) in [6, 6.07) is 8.53. The molecular formula is C14H18N2O. The number of aromatic nitrogens is 1. The molecule has 1 aliphatic heterocycles. The van der Waals surface area contributed by atoms with Crippen molar-refractivity contribution in [3.05, 3.63) is 36.0 Å². The van der Waals surface area contributed by atoms with Gasteiger partial charge in [-0.2, -0.15) is 0 Å². The van der Waals surface area contributed by atoms with Crippen LogP contribution in [0.4, 0.5) is 0 Å². The first-order valence-corrected chi connectivity index (χ1v) is 6.31. The zero-order valence-electron chi connectivity index (χ0n) is 9.91. The van der Waals surface area contributed by atoms with Crippen molar-refractivity contribution >= 4 is 10.9 Å². The van der Waals surface area contributed by atoms with Gasteiger partial charge in [0.15, 0.2) is 0 Å². The third kappa shape index (κ3) is 2.35. The first-order valence-electron chi connectivity index (χ1n) is 6.31. The molecule has 0 radical (unpaired) electrons. The molecule has 1 atom stereocenters. The summed E-state index contributed by atoms with van der Waals surface area (Å²) in [5.74, 6) is 0. The lowest BCUT2D eigenvalue weighted by Gasteiger charge is -2.11. The number of fused-ring (bicyclic) bond motifs is 1. The Hall–Kier alpha value is -1.32. The molecule has 2 aromatic rings. The summed E-state index contributed by atoms with van der Waals surface area (Å²) in [7, 11) is 0. The van der Waals surface area contributed by atoms with Gasteiger partial charge in [0.2, 0.25) is 0 Å². The van der Waals surface area contributed by atoms with E-state index in [9.17, 15) is 0 Å². The molecule has 3 heteroatoms. The van der Waals surface area contributed by atoms with E-state index in [2.05, 4.69) is 34.6 Å². The lowest BCUT2D eigenvalue weighted by Crippen LogP contribution is -2.25. The fraction of sp³-hybridized carbons (Fsp3) is 0.429. The molecule has 1 fully saturated rings. The number of hydrogen-bond donors (Lipinski definition) is 2. The highest BCUT2D eigenvalue weighted by Gasteiger charge is 2.14. The number of ether oxygens (including phenoxy) is 1. The Morgan fingerprint density at radius 3 is 3.24 bits per heavy atom. The second-order valence-electron chi connectivity index (χ2n) is 4.62. The maximum absolute atomic E-state index is 5.59. The molecule has 0 saturated carbocycles. The van der Waals surface area contributed by atoms with Gasteiger partial charge in [-0.1, -0.05) is 12.1 Å². The zero-order valence-corrected chi connectivity index (χ0v) is 9.91. The van der Waals surface area contributed by atoms with Crippen LogP contribution in [0.3, 0.4) is 0 Å². The van der Waals surface area contributed by atoms with Crippen LogP contribution in [0.1, 0.15) is 18.4 Å². The minimum absolute atomic E-state index is 0.417. The first kappa shape index (κ1) is 10.8. The van der Waals surface area contributed by atoms with Crippen LogP contribution < -0.4 is 5.32 Å². The van der Waals surface area contributed by atoms with E-state index in [1.807, 2.05) is 6.20 Å². The van der Waals surface area contributed by atoms with E-state index in [1.165, 1.54) is 29.3 Å². The molecule has 1 aromatic carbocycles. The quantitative estimate of drug-likeness (QED) is 0.846. The summed E-state index contributed by atoms with van der Waals surface area (Å²) in [5, 5.41) is 4.80. The van der Waals surface area contributed by atoms with Crippen molar-refractivity contribution in [1.82, 2.24) is 10.3 Å². The molecule has 1 aliphatic rings. The lowest BCUT2D eigenvalue weighted by molar-refractivity contribution is 0.110. The van der Waals surface area contributed by atoms with Crippen LogP contribution in [0, 0.1) is 0 Å². The van der Waals surface area contributed by atoms with Crippen molar-refractivity contribution in [3.8, 4) is 0 Å². The van der Waals surface area contributed by atoms with Crippen LogP contribution in [0.5, 0.6) is 0 Å². The zero-order chi connectivity index (χ0) is 11.5. The summed E-state index contributed by atoms with van der Waals surface area (Å²) in [6.45, 7) is 2.80. The predicted molar refractivity (Wildman–Crippen MR) is 69.0 cm³/mol. The Labute approximate surface area is 101 Å². The summed E-state index contributed by atoms with van der Waals surface area (Å²) >= 11 is 0. The standard InChI is InChI=1S/C14H18N2O/c1-3-11(13-6-7-16-14(13)5-1)9-15-10-12-4-2-8-17-12/h1,3,5-7,12,15-16H,2,4,8-10H2/t12-/m0/s1. The van der Waals surface area contributed by atoms with Crippen molar-refractivity contribution in [2.45, 2.75) is 25.5 Å². The highest BCUT2D eigenvalue weighted by Crippen LogP contribution is 2.17. The van der Waals surface area contributed by atoms with Crippen LogP contribution >= 0.6 is 0 Å². The fourth-order valence-electron chi connectivity index (χ4n) is 2.48. The molecule has 1 aromatic heterocycles. The second-order valence-corrected chi connectivity index (χ2v) is 4.62. The molecule has 17 heavy (non-hydrogen) atoms. The summed E-state index contributed by atoms with van der Waals surface area (Å²) in [4.78, 5) is 3.24. The van der Waals surface area contributed by atoms with Crippen molar-refractivity contribution in [3.63, 3.8) is 0 Å². The van der Waals surface area contributed by atoms with E-state index in [0.717, 1.165) is 19.7 Å². The van der Waals surface area contributed by atoms with Crippen molar-refractivity contribution in [2.24, 2.45) is 0 Å². The molecule has 0 unspecified atom stereocenters. The topological polar surface area (TPSA) is 37.0 Å². The van der Waals surface area contributed by atoms with Crippen LogP contribution in [0.25, 0.3) is 10.9 Å². The van der Waals surface area contributed by atoms with E-state index in [4.69, 9.17) is 4.74 Å². The smallest absolute Gasteiger partial charge is 0.0700 e. The molecule has 0 aliphatic carbocycles. The maximum Gasteiger partial charge on any atom is 0.0700 e. The second kappa shape index (κ2) is 4.90. The van der Waals surface area contributed by atoms with Crippen molar-refractivity contribution in [2.75, 3.05) is 13.2 Å². The minimum atomic E-state index is 0.417. The van der Waals surface area contributed by atoms with Crippen LogP contribution in [-0.2, 0) is 11.3 Å². The predicted octanol–water partition coefficient (Wildman–Crippen LogP) is 2.44. The molecular weight excluding hydrogens is 212 g/mol. The number of benzene rings is 1. The SMILES string of the molecule is c1cc(CNC[C@@H]2CCCO2)c2cc[nH]c2c1. The largest absolute Gasteiger partial charge is 0.377 e. The Balaban J connectivity index is 1.62. The number of H-pyrrole nitrogens is 1. The minimum Gasteiger partial charge on any atom is -0.377 e. The maximum atomic E-state index is 5.59. The molecule has 3 rings (SSSR count). The Morgan fingerprint density at radius 1 is 1.35 bits per heavy atom. The molecule has 0 bridgehead atoms. The molecule has 2 heterocycles. The highest BCUT2D eigenvalue weighted by molar-refractivity contribution is 5.82. The third-order valence-electron chi connectivity index (χ3n) is 3.40. The summed E-state index contributed by atoms with van der Waals surface area (Å²) in [5.41, 5.74) is 2.56. The van der Waals surface area contributed by atoms with Gasteiger partial charge in [-0.05, 0) is 30.5 Å². The average Bonchev–Trinajstić information content (AvgIpc) is 2.99. The molecule has 0 spiro atoms. The Morgan fingerprint density at radius 2 is 2.35 bits per heavy atom. The van der Waals surface area contributed by atoms with Gasteiger partial charge in [-0.15, -0.1) is 0 Å². The van der Waals surface area contributed by atoms with Gasteiger partial charge in [-0.3, -0.25) is 0 Å². The number of aromatic amines is 1. The monoisotopic (exact) mass is 230 g/mol. The third-order valence-corrected chi connectivity index (χ3v) is 3.40. The number of nitrogens with one attached hydrogen (secondary N) is 2.